The number of amides is 2. The van der Waals surface area contributed by atoms with E-state index in [2.05, 4.69) is 15.6 Å². The number of carbonyl (C=O) groups is 2. The van der Waals surface area contributed by atoms with E-state index in [1.165, 1.54) is 12.1 Å². The van der Waals surface area contributed by atoms with E-state index in [0.717, 1.165) is 29.7 Å². The highest BCUT2D eigenvalue weighted by Crippen LogP contribution is 2.51. The van der Waals surface area contributed by atoms with Crippen molar-refractivity contribution in [3.05, 3.63) is 131 Å². The van der Waals surface area contributed by atoms with Crippen molar-refractivity contribution in [3.63, 3.8) is 0 Å². The SMILES string of the molecule is CC(CCCCC1(C(=O)NCC(F)(F)F)c2ccccc2-c2ccccc21)C1C=NC(NC(=O)c2ccccc2-c2ccc(C(F)(F)F)cc2)=C1. The Bertz CT molecular complexity index is 1940. The van der Waals surface area contributed by atoms with E-state index in [1.807, 2.05) is 49.4 Å². The van der Waals surface area contributed by atoms with Crippen molar-refractivity contribution in [3.8, 4) is 22.3 Å². The summed E-state index contributed by atoms with van der Waals surface area (Å²) in [6, 6.07) is 26.0. The molecule has 1 aliphatic heterocycles. The summed E-state index contributed by atoms with van der Waals surface area (Å²) in [5, 5.41) is 4.98. The van der Waals surface area contributed by atoms with Gasteiger partial charge in [0.1, 0.15) is 17.8 Å². The van der Waals surface area contributed by atoms with Gasteiger partial charge in [-0.15, -0.1) is 0 Å². The average molecular weight is 704 g/mol. The van der Waals surface area contributed by atoms with Gasteiger partial charge in [-0.2, -0.15) is 26.3 Å². The maximum Gasteiger partial charge on any atom is 0.416 e. The first-order chi connectivity index (χ1) is 24.3. The van der Waals surface area contributed by atoms with E-state index in [-0.39, 0.29) is 17.4 Å². The van der Waals surface area contributed by atoms with Gasteiger partial charge in [0.2, 0.25) is 5.91 Å². The predicted molar refractivity (Wildman–Crippen MR) is 184 cm³/mol. The third-order valence-electron chi connectivity index (χ3n) is 9.69. The maximum absolute atomic E-state index is 13.7. The molecule has 0 radical (unpaired) electrons. The van der Waals surface area contributed by atoms with Crippen LogP contribution in [0.25, 0.3) is 22.3 Å². The lowest BCUT2D eigenvalue weighted by molar-refractivity contribution is -0.141. The Morgan fingerprint density at radius 2 is 1.37 bits per heavy atom. The maximum atomic E-state index is 13.7. The highest BCUT2D eigenvalue weighted by atomic mass is 19.4. The van der Waals surface area contributed by atoms with Crippen molar-refractivity contribution >= 4 is 18.0 Å². The molecule has 11 heteroatoms. The Hall–Kier alpha value is -5.19. The van der Waals surface area contributed by atoms with Gasteiger partial charge in [0, 0.05) is 17.7 Å². The monoisotopic (exact) mass is 703 g/mol. The molecule has 4 aromatic carbocycles. The second-order valence-corrected chi connectivity index (χ2v) is 13.0. The number of aliphatic imine (C=N–C) groups is 1. The number of hydrogen-bond donors (Lipinski definition) is 2. The van der Waals surface area contributed by atoms with Gasteiger partial charge in [-0.25, -0.2) is 4.99 Å². The zero-order chi connectivity index (χ0) is 36.4. The Kier molecular flexibility index (Phi) is 9.92. The largest absolute Gasteiger partial charge is 0.416 e. The lowest BCUT2D eigenvalue weighted by Gasteiger charge is -2.31. The summed E-state index contributed by atoms with van der Waals surface area (Å²) in [5.41, 5.74) is 2.27. The molecule has 0 aromatic heterocycles. The summed E-state index contributed by atoms with van der Waals surface area (Å²) in [4.78, 5) is 31.4. The van der Waals surface area contributed by atoms with Crippen LogP contribution in [0.15, 0.2) is 114 Å². The predicted octanol–water partition coefficient (Wildman–Crippen LogP) is 9.49. The number of alkyl halides is 6. The van der Waals surface area contributed by atoms with Gasteiger partial charge in [0.25, 0.3) is 5.91 Å². The number of carbonyl (C=O) groups excluding carboxylic acids is 2. The van der Waals surface area contributed by atoms with Crippen molar-refractivity contribution < 1.29 is 35.9 Å². The third-order valence-corrected chi connectivity index (χ3v) is 9.69. The van der Waals surface area contributed by atoms with E-state index < -0.39 is 41.7 Å². The number of nitrogens with zero attached hydrogens (tertiary/aromatic N) is 1. The molecule has 0 saturated carbocycles. The third kappa shape index (κ3) is 7.48. The average Bonchev–Trinajstić information content (AvgIpc) is 3.70. The van der Waals surface area contributed by atoms with Crippen LogP contribution in [0.1, 0.15) is 59.7 Å². The van der Waals surface area contributed by atoms with E-state index in [1.54, 1.807) is 42.6 Å². The zero-order valence-corrected chi connectivity index (χ0v) is 27.6. The number of unbranched alkanes of at least 4 members (excludes halogenated alkanes) is 1. The second kappa shape index (κ2) is 14.2. The van der Waals surface area contributed by atoms with Crippen molar-refractivity contribution in [1.29, 1.82) is 0 Å². The molecule has 0 spiro atoms. The summed E-state index contributed by atoms with van der Waals surface area (Å²) >= 11 is 0. The molecular formula is C40H35F6N3O2. The van der Waals surface area contributed by atoms with Gasteiger partial charge in [-0.05, 0) is 76.4 Å². The van der Waals surface area contributed by atoms with Gasteiger partial charge in [0.05, 0.1) is 5.56 Å². The standard InChI is InChI=1S/C40H35F6N3O2/c1-25(27-22-35(47-23-27)49-36(50)32-14-3-2-11-29(32)26-17-19-28(20-18-26)40(44,45)46)10-8-9-21-38(37(51)48-24-39(41,42)43)33-15-6-4-12-30(33)31-13-5-7-16-34(31)38/h2-7,11-20,22-23,25,27H,8-10,21,24H2,1H3,(H,48,51)(H,49,50). The highest BCUT2D eigenvalue weighted by molar-refractivity contribution is 6.02. The molecule has 2 aliphatic rings. The van der Waals surface area contributed by atoms with Crippen molar-refractivity contribution in [2.45, 2.75) is 50.4 Å². The molecule has 2 atom stereocenters. The van der Waals surface area contributed by atoms with Gasteiger partial charge >= 0.3 is 12.4 Å². The molecule has 1 aliphatic carbocycles. The molecule has 6 rings (SSSR count). The molecule has 2 N–H and O–H groups in total. The Balaban J connectivity index is 1.10. The van der Waals surface area contributed by atoms with Gasteiger partial charge in [-0.1, -0.05) is 98.6 Å². The fraction of sp³-hybridized carbons (Fsp3) is 0.275. The first kappa shape index (κ1) is 35.6. The molecule has 2 amide bonds. The van der Waals surface area contributed by atoms with Crippen LogP contribution < -0.4 is 10.6 Å². The summed E-state index contributed by atoms with van der Waals surface area (Å²) in [5.74, 6) is -0.758. The number of benzene rings is 4. The minimum absolute atomic E-state index is 0.0950. The van der Waals surface area contributed by atoms with Crippen LogP contribution in [0.5, 0.6) is 0 Å². The molecular weight excluding hydrogens is 668 g/mol. The van der Waals surface area contributed by atoms with E-state index >= 15 is 0 Å². The van der Waals surface area contributed by atoms with Crippen LogP contribution in [0.2, 0.25) is 0 Å². The Morgan fingerprint density at radius 1 is 0.784 bits per heavy atom. The van der Waals surface area contributed by atoms with Crippen LogP contribution >= 0.6 is 0 Å². The molecule has 5 nitrogen and oxygen atoms in total. The number of allylic oxidation sites excluding steroid dienone is 1. The summed E-state index contributed by atoms with van der Waals surface area (Å²) < 4.78 is 78.8. The lowest BCUT2D eigenvalue weighted by Crippen LogP contribution is -2.47. The number of halogens is 6. The van der Waals surface area contributed by atoms with Crippen LogP contribution in [0.3, 0.4) is 0 Å². The normalized spacial score (nSPS) is 16.6. The molecule has 0 saturated heterocycles. The minimum Gasteiger partial charge on any atom is -0.346 e. The van der Waals surface area contributed by atoms with Crippen LogP contribution in [-0.2, 0) is 16.4 Å². The number of rotatable bonds is 11. The molecule has 1 heterocycles. The van der Waals surface area contributed by atoms with Crippen LogP contribution in [0, 0.1) is 11.8 Å². The van der Waals surface area contributed by atoms with Crippen molar-refractivity contribution in [2.24, 2.45) is 16.8 Å². The first-order valence-corrected chi connectivity index (χ1v) is 16.7. The Labute approximate surface area is 291 Å². The minimum atomic E-state index is -4.55. The highest BCUT2D eigenvalue weighted by Gasteiger charge is 2.49. The molecule has 2 unspecified atom stereocenters. The van der Waals surface area contributed by atoms with Gasteiger partial charge in [-0.3, -0.25) is 9.59 Å². The summed E-state index contributed by atoms with van der Waals surface area (Å²) in [6.45, 7) is 0.631. The molecule has 4 aromatic rings. The fourth-order valence-corrected chi connectivity index (χ4v) is 7.11. The fourth-order valence-electron chi connectivity index (χ4n) is 7.11. The van der Waals surface area contributed by atoms with Crippen LogP contribution in [-0.4, -0.2) is 30.8 Å². The number of hydrogen-bond acceptors (Lipinski definition) is 3. The van der Waals surface area contributed by atoms with Crippen LogP contribution in [0.4, 0.5) is 26.3 Å². The van der Waals surface area contributed by atoms with Crippen molar-refractivity contribution in [2.75, 3.05) is 6.54 Å². The topological polar surface area (TPSA) is 70.6 Å². The Morgan fingerprint density at radius 3 is 1.98 bits per heavy atom. The van der Waals surface area contributed by atoms with E-state index in [4.69, 9.17) is 0 Å². The molecule has 51 heavy (non-hydrogen) atoms. The summed E-state index contributed by atoms with van der Waals surface area (Å²) in [7, 11) is 0. The van der Waals surface area contributed by atoms with E-state index in [9.17, 15) is 35.9 Å². The van der Waals surface area contributed by atoms with Gasteiger partial charge < -0.3 is 10.6 Å². The number of nitrogens with one attached hydrogen (secondary N) is 2. The zero-order valence-electron chi connectivity index (χ0n) is 27.6. The molecule has 0 bridgehead atoms. The van der Waals surface area contributed by atoms with Crippen molar-refractivity contribution in [1.82, 2.24) is 10.6 Å². The molecule has 0 fully saturated rings. The van der Waals surface area contributed by atoms with Gasteiger partial charge in [0.15, 0.2) is 0 Å². The first-order valence-electron chi connectivity index (χ1n) is 16.7. The van der Waals surface area contributed by atoms with E-state index in [0.29, 0.717) is 47.3 Å². The summed E-state index contributed by atoms with van der Waals surface area (Å²) in [6.07, 6.45) is -3.10. The molecule has 264 valence electrons. The smallest absolute Gasteiger partial charge is 0.346 e. The quantitative estimate of drug-likeness (QED) is 0.121. The lowest BCUT2D eigenvalue weighted by atomic mass is 9.73. The number of fused-ring (bicyclic) bond motifs is 3. The second-order valence-electron chi connectivity index (χ2n) is 13.0.